The highest BCUT2D eigenvalue weighted by Crippen LogP contribution is 2.28. The zero-order chi connectivity index (χ0) is 28.9. The van der Waals surface area contributed by atoms with E-state index in [0.717, 1.165) is 22.5 Å². The van der Waals surface area contributed by atoms with Crippen molar-refractivity contribution in [3.8, 4) is 28.4 Å². The van der Waals surface area contributed by atoms with Crippen molar-refractivity contribution in [1.82, 2.24) is 24.5 Å². The Bertz CT molecular complexity index is 1830. The summed E-state index contributed by atoms with van der Waals surface area (Å²) in [5.41, 5.74) is 4.16. The van der Waals surface area contributed by atoms with E-state index in [-0.39, 0.29) is 11.4 Å². The summed E-state index contributed by atoms with van der Waals surface area (Å²) in [7, 11) is 1.82. The fourth-order valence-electron chi connectivity index (χ4n) is 4.43. The van der Waals surface area contributed by atoms with Gasteiger partial charge in [0.1, 0.15) is 23.1 Å². The monoisotopic (exact) mass is 559 g/mol. The van der Waals surface area contributed by atoms with Gasteiger partial charge in [-0.3, -0.25) is 15.0 Å². The highest BCUT2D eigenvalue weighted by atomic mass is 19.1. The van der Waals surface area contributed by atoms with Crippen LogP contribution in [0.3, 0.4) is 0 Å². The molecule has 0 fully saturated rings. The predicted molar refractivity (Wildman–Crippen MR) is 158 cm³/mol. The van der Waals surface area contributed by atoms with Crippen LogP contribution in [0, 0.1) is 5.82 Å². The number of para-hydroxylation sites is 1. The zero-order valence-electron chi connectivity index (χ0n) is 22.6. The Morgan fingerprint density at radius 3 is 2.40 bits per heavy atom. The first kappa shape index (κ1) is 26.5. The maximum absolute atomic E-state index is 15.0. The lowest BCUT2D eigenvalue weighted by molar-refractivity contribution is 0.262. The van der Waals surface area contributed by atoms with E-state index in [2.05, 4.69) is 20.7 Å². The number of nitrogens with zero attached hydrogens (tertiary/aromatic N) is 5. The van der Waals surface area contributed by atoms with Crippen LogP contribution in [0.2, 0.25) is 0 Å². The molecule has 0 aliphatic heterocycles. The second-order valence-electron chi connectivity index (χ2n) is 9.53. The van der Waals surface area contributed by atoms with Gasteiger partial charge in [0, 0.05) is 49.6 Å². The third-order valence-corrected chi connectivity index (χ3v) is 6.39. The van der Waals surface area contributed by atoms with Crippen molar-refractivity contribution in [2.45, 2.75) is 6.42 Å². The van der Waals surface area contributed by atoms with Crippen LogP contribution in [-0.2, 0) is 13.5 Å². The largest absolute Gasteiger partial charge is 0.457 e. The van der Waals surface area contributed by atoms with Gasteiger partial charge in [-0.25, -0.2) is 13.9 Å². The lowest BCUT2D eigenvalue weighted by atomic mass is 10.1. The molecule has 10 heteroatoms. The van der Waals surface area contributed by atoms with Gasteiger partial charge in [0.2, 0.25) is 0 Å². The molecule has 42 heavy (non-hydrogen) atoms. The van der Waals surface area contributed by atoms with Crippen LogP contribution >= 0.6 is 0 Å². The lowest BCUT2D eigenvalue weighted by Crippen LogP contribution is -2.21. The Balaban J connectivity index is 1.16. The second kappa shape index (κ2) is 11.8. The Kier molecular flexibility index (Phi) is 7.41. The molecule has 0 aliphatic rings. The number of carbonyl (C=O) groups excluding carboxylic acids is 1. The van der Waals surface area contributed by atoms with E-state index in [0.29, 0.717) is 23.7 Å². The number of halogens is 1. The summed E-state index contributed by atoms with van der Waals surface area (Å²) in [4.78, 5) is 17.3. The molecule has 0 spiro atoms. The molecule has 6 rings (SSSR count). The van der Waals surface area contributed by atoms with Crippen LogP contribution in [0.1, 0.15) is 11.3 Å². The highest BCUT2D eigenvalue weighted by molar-refractivity contribution is 5.99. The number of ether oxygens (including phenoxy) is 1. The maximum Gasteiger partial charge on any atom is 0.324 e. The Hall–Kier alpha value is -5.77. The average Bonchev–Trinajstić information content (AvgIpc) is 3.61. The molecule has 6 aromatic rings. The third-order valence-electron chi connectivity index (χ3n) is 6.39. The molecular weight excluding hydrogens is 533 g/mol. The number of benzene rings is 3. The number of hydrogen-bond donors (Lipinski definition) is 2. The van der Waals surface area contributed by atoms with Crippen molar-refractivity contribution in [1.29, 1.82) is 0 Å². The maximum atomic E-state index is 15.0. The fourth-order valence-corrected chi connectivity index (χ4v) is 4.43. The van der Waals surface area contributed by atoms with Gasteiger partial charge in [0.25, 0.3) is 0 Å². The molecule has 0 saturated carbocycles. The molecule has 3 aromatic heterocycles. The van der Waals surface area contributed by atoms with E-state index < -0.39 is 11.8 Å². The number of aromatic nitrogens is 5. The molecule has 0 saturated heterocycles. The van der Waals surface area contributed by atoms with Gasteiger partial charge in [-0.15, -0.1) is 0 Å². The van der Waals surface area contributed by atoms with E-state index in [9.17, 15) is 4.79 Å². The Labute approximate surface area is 241 Å². The lowest BCUT2D eigenvalue weighted by Gasteiger charge is -2.12. The van der Waals surface area contributed by atoms with Crippen molar-refractivity contribution < 1.29 is 13.9 Å². The summed E-state index contributed by atoms with van der Waals surface area (Å²) < 4.78 is 24.2. The minimum absolute atomic E-state index is 0.000845. The van der Waals surface area contributed by atoms with Gasteiger partial charge in [0.05, 0.1) is 29.0 Å². The second-order valence-corrected chi connectivity index (χ2v) is 9.53. The van der Waals surface area contributed by atoms with Crippen molar-refractivity contribution in [2.24, 2.45) is 7.05 Å². The van der Waals surface area contributed by atoms with E-state index >= 15 is 4.39 Å². The first-order valence-corrected chi connectivity index (χ1v) is 13.2. The summed E-state index contributed by atoms with van der Waals surface area (Å²) >= 11 is 0. The van der Waals surface area contributed by atoms with Gasteiger partial charge >= 0.3 is 6.03 Å². The van der Waals surface area contributed by atoms with Crippen LogP contribution in [0.4, 0.5) is 20.7 Å². The summed E-state index contributed by atoms with van der Waals surface area (Å²) in [6, 6.07) is 28.3. The summed E-state index contributed by atoms with van der Waals surface area (Å²) in [6.45, 7) is 0. The first-order chi connectivity index (χ1) is 20.5. The summed E-state index contributed by atoms with van der Waals surface area (Å²) in [5, 5.41) is 14.3. The zero-order valence-corrected chi connectivity index (χ0v) is 22.6. The first-order valence-electron chi connectivity index (χ1n) is 13.2. The molecular formula is C32H26FN7O2. The van der Waals surface area contributed by atoms with Crippen molar-refractivity contribution in [3.05, 3.63) is 133 Å². The quantitative estimate of drug-likeness (QED) is 0.213. The Morgan fingerprint density at radius 2 is 1.67 bits per heavy atom. The molecule has 3 heterocycles. The van der Waals surface area contributed by atoms with Crippen LogP contribution in [0.25, 0.3) is 16.9 Å². The van der Waals surface area contributed by atoms with Gasteiger partial charge in [-0.05, 0) is 35.9 Å². The molecule has 0 radical (unpaired) electrons. The predicted octanol–water partition coefficient (Wildman–Crippen LogP) is 6.83. The number of amides is 2. The number of hydrogen-bond acceptors (Lipinski definition) is 5. The van der Waals surface area contributed by atoms with E-state index in [1.807, 2.05) is 73.9 Å². The average molecular weight is 560 g/mol. The van der Waals surface area contributed by atoms with Gasteiger partial charge in [-0.2, -0.15) is 10.2 Å². The van der Waals surface area contributed by atoms with E-state index in [1.54, 1.807) is 46.0 Å². The number of nitrogens with one attached hydrogen (secondary N) is 2. The van der Waals surface area contributed by atoms with Crippen molar-refractivity contribution in [2.75, 3.05) is 10.6 Å². The van der Waals surface area contributed by atoms with Crippen LogP contribution < -0.4 is 15.4 Å². The minimum atomic E-state index is -0.648. The van der Waals surface area contributed by atoms with E-state index in [4.69, 9.17) is 9.84 Å². The van der Waals surface area contributed by atoms with Gasteiger partial charge < -0.3 is 10.1 Å². The van der Waals surface area contributed by atoms with Crippen LogP contribution in [-0.4, -0.2) is 30.6 Å². The SMILES string of the molecule is Cn1cc(-c2cc(Oc3ccc(NC(=O)Nc4cc(Cc5ccccc5)nn4-c4ccccc4)c(F)c3)ccn2)cn1. The normalized spacial score (nSPS) is 10.8. The third kappa shape index (κ3) is 6.18. The van der Waals surface area contributed by atoms with Crippen LogP contribution in [0.15, 0.2) is 116 Å². The molecule has 0 unspecified atom stereocenters. The molecule has 2 amide bonds. The van der Waals surface area contributed by atoms with E-state index in [1.165, 1.54) is 12.1 Å². The van der Waals surface area contributed by atoms with Crippen molar-refractivity contribution in [3.63, 3.8) is 0 Å². The molecule has 208 valence electrons. The minimum Gasteiger partial charge on any atom is -0.457 e. The molecule has 0 atom stereocenters. The van der Waals surface area contributed by atoms with Gasteiger partial charge in [0.15, 0.2) is 0 Å². The topological polar surface area (TPSA) is 98.9 Å². The number of pyridine rings is 1. The number of rotatable bonds is 8. The van der Waals surface area contributed by atoms with Gasteiger partial charge in [-0.1, -0.05) is 48.5 Å². The number of aryl methyl sites for hydroxylation is 1. The number of carbonyl (C=O) groups is 1. The smallest absolute Gasteiger partial charge is 0.324 e. The molecule has 9 nitrogen and oxygen atoms in total. The number of anilines is 2. The van der Waals surface area contributed by atoms with Crippen LogP contribution in [0.5, 0.6) is 11.5 Å². The number of urea groups is 1. The highest BCUT2D eigenvalue weighted by Gasteiger charge is 2.15. The van der Waals surface area contributed by atoms with Crippen molar-refractivity contribution >= 4 is 17.5 Å². The fraction of sp³-hybridized carbons (Fsp3) is 0.0625. The summed E-state index contributed by atoms with van der Waals surface area (Å²) in [5.74, 6) is 0.564. The summed E-state index contributed by atoms with van der Waals surface area (Å²) in [6.07, 6.45) is 5.75. The molecule has 0 aliphatic carbocycles. The standard InChI is InChI=1S/C32H26FN7O2/c1-39-21-23(20-35-39)30-19-27(14-15-34-30)42-26-12-13-29(28(33)18-26)36-32(41)37-31-17-24(16-22-8-4-2-5-9-22)38-40(31)25-10-6-3-7-11-25/h2-15,17-21H,16H2,1H3,(H2,36,37,41). The Morgan fingerprint density at radius 1 is 0.905 bits per heavy atom. The molecule has 2 N–H and O–H groups in total. The molecule has 0 bridgehead atoms. The molecule has 3 aromatic carbocycles.